The molecule has 108 valence electrons. The van der Waals surface area contributed by atoms with Crippen molar-refractivity contribution >= 4 is 5.97 Å². The number of rotatable bonds is 11. The number of aliphatic carboxylic acids is 1. The molecule has 0 spiro atoms. The molecule has 0 bridgehead atoms. The number of aromatic nitrogens is 3. The lowest BCUT2D eigenvalue weighted by Gasteiger charge is -2.02. The van der Waals surface area contributed by atoms with E-state index in [1.807, 2.05) is 6.20 Å². The summed E-state index contributed by atoms with van der Waals surface area (Å²) in [6.45, 7) is 4.30. The fourth-order valence-corrected chi connectivity index (χ4v) is 1.65. The second kappa shape index (κ2) is 9.49. The largest absolute Gasteiger partial charge is 0.481 e. The molecule has 1 N–H and O–H groups in total. The van der Waals surface area contributed by atoms with Crippen molar-refractivity contribution in [3.8, 4) is 0 Å². The van der Waals surface area contributed by atoms with Crippen LogP contribution in [-0.2, 0) is 22.5 Å². The molecule has 1 rings (SSSR count). The number of carboxylic acids is 1. The lowest BCUT2D eigenvalue weighted by molar-refractivity contribution is -0.137. The van der Waals surface area contributed by atoms with E-state index in [1.54, 1.807) is 4.68 Å². The third kappa shape index (κ3) is 7.56. The lowest BCUT2D eigenvalue weighted by Crippen LogP contribution is -2.07. The van der Waals surface area contributed by atoms with Crippen molar-refractivity contribution in [1.82, 2.24) is 15.0 Å². The van der Waals surface area contributed by atoms with Crippen LogP contribution in [0.5, 0.6) is 0 Å². The van der Waals surface area contributed by atoms with Gasteiger partial charge in [0.15, 0.2) is 0 Å². The molecule has 0 unspecified atom stereocenters. The number of aryl methyl sites for hydroxylation is 1. The first-order chi connectivity index (χ1) is 9.22. The second-order valence-corrected chi connectivity index (χ2v) is 4.54. The van der Waals surface area contributed by atoms with Crippen LogP contribution in [0.1, 0.15) is 44.7 Å². The van der Waals surface area contributed by atoms with Gasteiger partial charge in [0.05, 0.1) is 18.8 Å². The molecule has 0 atom stereocenters. The molecular weight excluding hydrogens is 246 g/mol. The summed E-state index contributed by atoms with van der Waals surface area (Å²) in [5, 5.41) is 16.6. The summed E-state index contributed by atoms with van der Waals surface area (Å²) >= 11 is 0. The first-order valence-electron chi connectivity index (χ1n) is 6.91. The van der Waals surface area contributed by atoms with E-state index < -0.39 is 5.97 Å². The lowest BCUT2D eigenvalue weighted by atomic mass is 10.1. The van der Waals surface area contributed by atoms with Crippen molar-refractivity contribution in [2.45, 2.75) is 52.0 Å². The predicted molar refractivity (Wildman–Crippen MR) is 70.9 cm³/mol. The van der Waals surface area contributed by atoms with Gasteiger partial charge in [-0.25, -0.2) is 4.68 Å². The minimum absolute atomic E-state index is 0.222. The van der Waals surface area contributed by atoms with Crippen molar-refractivity contribution in [1.29, 1.82) is 0 Å². The molecule has 0 saturated heterocycles. The van der Waals surface area contributed by atoms with Gasteiger partial charge in [0.2, 0.25) is 0 Å². The number of carbonyl (C=O) groups is 1. The molecule has 0 aliphatic heterocycles. The molecule has 0 fully saturated rings. The molecular formula is C13H23N3O3. The molecule has 0 aromatic carbocycles. The number of ether oxygens (including phenoxy) is 1. The van der Waals surface area contributed by atoms with Crippen LogP contribution in [0.15, 0.2) is 6.20 Å². The Kier molecular flexibility index (Phi) is 7.81. The molecule has 6 nitrogen and oxygen atoms in total. The van der Waals surface area contributed by atoms with Crippen molar-refractivity contribution in [2.24, 2.45) is 0 Å². The first kappa shape index (κ1) is 15.6. The summed E-state index contributed by atoms with van der Waals surface area (Å²) in [7, 11) is 0. The van der Waals surface area contributed by atoms with Crippen LogP contribution in [0.25, 0.3) is 0 Å². The molecule has 0 aliphatic carbocycles. The Hall–Kier alpha value is -1.43. The van der Waals surface area contributed by atoms with Gasteiger partial charge in [0, 0.05) is 19.2 Å². The first-order valence-corrected chi connectivity index (χ1v) is 6.91. The molecule has 19 heavy (non-hydrogen) atoms. The maximum atomic E-state index is 10.4. The maximum absolute atomic E-state index is 10.4. The van der Waals surface area contributed by atoms with E-state index in [2.05, 4.69) is 17.2 Å². The summed E-state index contributed by atoms with van der Waals surface area (Å²) in [6, 6.07) is 0. The number of unbranched alkanes of at least 4 members (excludes halogenated alkanes) is 2. The Bertz CT molecular complexity index is 366. The van der Waals surface area contributed by atoms with E-state index in [0.717, 1.165) is 38.0 Å². The van der Waals surface area contributed by atoms with Gasteiger partial charge in [-0.3, -0.25) is 4.79 Å². The van der Waals surface area contributed by atoms with Crippen molar-refractivity contribution < 1.29 is 14.6 Å². The maximum Gasteiger partial charge on any atom is 0.303 e. The van der Waals surface area contributed by atoms with E-state index in [9.17, 15) is 4.79 Å². The van der Waals surface area contributed by atoms with Crippen LogP contribution >= 0.6 is 0 Å². The molecule has 1 aromatic heterocycles. The van der Waals surface area contributed by atoms with Crippen LogP contribution in [0.2, 0.25) is 0 Å². The predicted octanol–water partition coefficient (Wildman–Crippen LogP) is 1.89. The molecule has 0 radical (unpaired) electrons. The van der Waals surface area contributed by atoms with Gasteiger partial charge in [-0.1, -0.05) is 18.6 Å². The fourth-order valence-electron chi connectivity index (χ4n) is 1.65. The van der Waals surface area contributed by atoms with Crippen molar-refractivity contribution in [3.05, 3.63) is 11.9 Å². The quantitative estimate of drug-likeness (QED) is 0.621. The van der Waals surface area contributed by atoms with Crippen LogP contribution in [0, 0.1) is 0 Å². The normalized spacial score (nSPS) is 10.8. The number of nitrogens with zero attached hydrogens (tertiary/aromatic N) is 3. The zero-order valence-electron chi connectivity index (χ0n) is 11.5. The number of hydrogen-bond donors (Lipinski definition) is 1. The van der Waals surface area contributed by atoms with E-state index in [1.165, 1.54) is 0 Å². The standard InChI is InChI=1S/C13H23N3O3/c1-2-3-9-19-10-8-16-11-12(14-15-16)6-4-5-7-13(17)18/h11H,2-10H2,1H3,(H,17,18). The highest BCUT2D eigenvalue weighted by Gasteiger charge is 2.02. The topological polar surface area (TPSA) is 77.2 Å². The summed E-state index contributed by atoms with van der Waals surface area (Å²) < 4.78 is 7.23. The van der Waals surface area contributed by atoms with Gasteiger partial charge in [-0.05, 0) is 25.7 Å². The summed E-state index contributed by atoms with van der Waals surface area (Å²) in [4.78, 5) is 10.4. The number of hydrogen-bond acceptors (Lipinski definition) is 4. The zero-order valence-corrected chi connectivity index (χ0v) is 11.5. The summed E-state index contributed by atoms with van der Waals surface area (Å²) in [5.74, 6) is -0.743. The number of carboxylic acid groups (broad SMARTS) is 1. The molecule has 0 saturated carbocycles. The van der Waals surface area contributed by atoms with Crippen LogP contribution in [0.3, 0.4) is 0 Å². The fraction of sp³-hybridized carbons (Fsp3) is 0.769. The minimum atomic E-state index is -0.743. The molecule has 0 amide bonds. The van der Waals surface area contributed by atoms with Crippen LogP contribution in [0.4, 0.5) is 0 Å². The smallest absolute Gasteiger partial charge is 0.303 e. The third-order valence-electron chi connectivity index (χ3n) is 2.77. The zero-order chi connectivity index (χ0) is 13.9. The third-order valence-corrected chi connectivity index (χ3v) is 2.77. The van der Waals surface area contributed by atoms with Crippen LogP contribution in [-0.4, -0.2) is 39.3 Å². The molecule has 0 aliphatic rings. The highest BCUT2D eigenvalue weighted by molar-refractivity contribution is 5.66. The van der Waals surface area contributed by atoms with E-state index in [-0.39, 0.29) is 6.42 Å². The Balaban J connectivity index is 2.12. The van der Waals surface area contributed by atoms with E-state index in [4.69, 9.17) is 9.84 Å². The van der Waals surface area contributed by atoms with Gasteiger partial charge in [0.1, 0.15) is 0 Å². The second-order valence-electron chi connectivity index (χ2n) is 4.54. The van der Waals surface area contributed by atoms with Crippen molar-refractivity contribution in [3.63, 3.8) is 0 Å². The SMILES string of the molecule is CCCCOCCn1cc(CCCCC(=O)O)nn1. The molecule has 1 aromatic rings. The average molecular weight is 269 g/mol. The summed E-state index contributed by atoms with van der Waals surface area (Å²) in [5.41, 5.74) is 0.916. The van der Waals surface area contributed by atoms with E-state index >= 15 is 0 Å². The van der Waals surface area contributed by atoms with Crippen LogP contribution < -0.4 is 0 Å². The van der Waals surface area contributed by atoms with E-state index in [0.29, 0.717) is 19.6 Å². The molecule has 6 heteroatoms. The Labute approximate surface area is 113 Å². The summed E-state index contributed by atoms with van der Waals surface area (Å²) in [6.07, 6.45) is 6.66. The van der Waals surface area contributed by atoms with Gasteiger partial charge >= 0.3 is 5.97 Å². The van der Waals surface area contributed by atoms with Gasteiger partial charge in [-0.15, -0.1) is 5.10 Å². The average Bonchev–Trinajstić information content (AvgIpc) is 2.82. The van der Waals surface area contributed by atoms with Gasteiger partial charge in [-0.2, -0.15) is 0 Å². The monoisotopic (exact) mass is 269 g/mol. The highest BCUT2D eigenvalue weighted by atomic mass is 16.5. The Morgan fingerprint density at radius 3 is 2.95 bits per heavy atom. The Morgan fingerprint density at radius 1 is 1.37 bits per heavy atom. The minimum Gasteiger partial charge on any atom is -0.481 e. The van der Waals surface area contributed by atoms with Crippen molar-refractivity contribution in [2.75, 3.05) is 13.2 Å². The van der Waals surface area contributed by atoms with Gasteiger partial charge < -0.3 is 9.84 Å². The van der Waals surface area contributed by atoms with Gasteiger partial charge in [0.25, 0.3) is 0 Å². The Morgan fingerprint density at radius 2 is 2.21 bits per heavy atom. The molecule has 1 heterocycles. The highest BCUT2D eigenvalue weighted by Crippen LogP contribution is 2.03.